The zero-order valence-corrected chi connectivity index (χ0v) is 8.88. The predicted octanol–water partition coefficient (Wildman–Crippen LogP) is -0.118. The highest BCUT2D eigenvalue weighted by molar-refractivity contribution is 6.07. The Morgan fingerprint density at radius 3 is 2.50 bits per heavy atom. The Morgan fingerprint density at radius 1 is 1.12 bits per heavy atom. The highest BCUT2D eigenvalue weighted by Crippen LogP contribution is 2.41. The SMILES string of the molecule is O=C1NC(=O)[C@]2(CCCC3(C2)OCCO3)N1. The summed E-state index contributed by atoms with van der Waals surface area (Å²) in [5.41, 5.74) is -0.820. The third-order valence-electron chi connectivity index (χ3n) is 3.56. The summed E-state index contributed by atoms with van der Waals surface area (Å²) < 4.78 is 11.2. The van der Waals surface area contributed by atoms with Crippen LogP contribution >= 0.6 is 0 Å². The highest BCUT2D eigenvalue weighted by Gasteiger charge is 2.55. The van der Waals surface area contributed by atoms with Crippen LogP contribution < -0.4 is 10.6 Å². The molecule has 88 valence electrons. The lowest BCUT2D eigenvalue weighted by atomic mass is 9.78. The van der Waals surface area contributed by atoms with Gasteiger partial charge in [-0.2, -0.15) is 0 Å². The van der Waals surface area contributed by atoms with E-state index in [9.17, 15) is 9.59 Å². The van der Waals surface area contributed by atoms with Crippen LogP contribution in [0.3, 0.4) is 0 Å². The summed E-state index contributed by atoms with van der Waals surface area (Å²) in [6.45, 7) is 1.12. The Bertz CT molecular complexity index is 351. The normalized spacial score (nSPS) is 36.8. The van der Waals surface area contributed by atoms with Gasteiger partial charge in [0.2, 0.25) is 0 Å². The first-order valence-electron chi connectivity index (χ1n) is 5.56. The minimum Gasteiger partial charge on any atom is -0.347 e. The van der Waals surface area contributed by atoms with Crippen molar-refractivity contribution in [2.24, 2.45) is 0 Å². The van der Waals surface area contributed by atoms with Crippen LogP contribution in [0.25, 0.3) is 0 Å². The molecule has 1 aliphatic carbocycles. The monoisotopic (exact) mass is 226 g/mol. The third-order valence-corrected chi connectivity index (χ3v) is 3.56. The quantitative estimate of drug-likeness (QED) is 0.565. The number of hydrogen-bond acceptors (Lipinski definition) is 4. The molecule has 3 rings (SSSR count). The van der Waals surface area contributed by atoms with E-state index in [4.69, 9.17) is 9.47 Å². The standard InChI is InChI=1S/C10H14N2O4/c13-7-9(12-8(14)11-7)2-1-3-10(6-9)15-4-5-16-10/h1-6H2,(H2,11,12,13,14)/t9-/m1/s1. The zero-order valence-electron chi connectivity index (χ0n) is 8.88. The van der Waals surface area contributed by atoms with E-state index in [2.05, 4.69) is 10.6 Å². The molecule has 1 atom stereocenters. The molecule has 16 heavy (non-hydrogen) atoms. The average molecular weight is 226 g/mol. The van der Waals surface area contributed by atoms with Gasteiger partial charge in [-0.05, 0) is 12.8 Å². The molecule has 3 fully saturated rings. The van der Waals surface area contributed by atoms with E-state index in [1.165, 1.54) is 0 Å². The maximum Gasteiger partial charge on any atom is 0.322 e. The van der Waals surface area contributed by atoms with E-state index in [-0.39, 0.29) is 5.91 Å². The summed E-state index contributed by atoms with van der Waals surface area (Å²) in [5, 5.41) is 4.99. The first kappa shape index (κ1) is 10.0. The number of urea groups is 1. The third kappa shape index (κ3) is 1.33. The maximum absolute atomic E-state index is 11.8. The van der Waals surface area contributed by atoms with Crippen LogP contribution in [-0.2, 0) is 14.3 Å². The van der Waals surface area contributed by atoms with Gasteiger partial charge in [0.15, 0.2) is 5.79 Å². The number of hydrogen-bond donors (Lipinski definition) is 2. The van der Waals surface area contributed by atoms with E-state index >= 15 is 0 Å². The topological polar surface area (TPSA) is 76.7 Å². The summed E-state index contributed by atoms with van der Waals surface area (Å²) in [4.78, 5) is 23.0. The van der Waals surface area contributed by atoms with Crippen molar-refractivity contribution >= 4 is 11.9 Å². The van der Waals surface area contributed by atoms with Gasteiger partial charge in [0.25, 0.3) is 5.91 Å². The van der Waals surface area contributed by atoms with Crippen LogP contribution in [0.2, 0.25) is 0 Å². The van der Waals surface area contributed by atoms with Gasteiger partial charge in [0, 0.05) is 12.8 Å². The first-order valence-corrected chi connectivity index (χ1v) is 5.56. The van der Waals surface area contributed by atoms with Crippen molar-refractivity contribution < 1.29 is 19.1 Å². The lowest BCUT2D eigenvalue weighted by molar-refractivity contribution is -0.192. The molecule has 0 aromatic carbocycles. The number of carbonyl (C=O) groups is 2. The fourth-order valence-electron chi connectivity index (χ4n) is 2.87. The van der Waals surface area contributed by atoms with Crippen molar-refractivity contribution in [1.29, 1.82) is 0 Å². The van der Waals surface area contributed by atoms with Gasteiger partial charge in [-0.15, -0.1) is 0 Å². The molecule has 0 bridgehead atoms. The van der Waals surface area contributed by atoms with Crippen LogP contribution in [-0.4, -0.2) is 36.5 Å². The second-order valence-corrected chi connectivity index (χ2v) is 4.63. The summed E-state index contributed by atoms with van der Waals surface area (Å²) in [5.74, 6) is -0.914. The van der Waals surface area contributed by atoms with Crippen LogP contribution in [0, 0.1) is 0 Å². The van der Waals surface area contributed by atoms with Gasteiger partial charge in [0.1, 0.15) is 5.54 Å². The molecule has 2 aliphatic heterocycles. The molecule has 0 unspecified atom stereocenters. The van der Waals surface area contributed by atoms with Gasteiger partial charge >= 0.3 is 6.03 Å². The van der Waals surface area contributed by atoms with E-state index in [0.717, 1.165) is 12.8 Å². The molecule has 6 heteroatoms. The fraction of sp³-hybridized carbons (Fsp3) is 0.800. The molecule has 2 heterocycles. The van der Waals surface area contributed by atoms with Crippen LogP contribution in [0.4, 0.5) is 4.79 Å². The summed E-state index contributed by atoms with van der Waals surface area (Å²) >= 11 is 0. The van der Waals surface area contributed by atoms with Crippen molar-refractivity contribution in [3.8, 4) is 0 Å². The van der Waals surface area contributed by atoms with Gasteiger partial charge in [-0.1, -0.05) is 0 Å². The van der Waals surface area contributed by atoms with Crippen molar-refractivity contribution in [3.05, 3.63) is 0 Å². The van der Waals surface area contributed by atoms with E-state index in [1.807, 2.05) is 0 Å². The van der Waals surface area contributed by atoms with Crippen LogP contribution in [0.5, 0.6) is 0 Å². The second kappa shape index (κ2) is 3.18. The van der Waals surface area contributed by atoms with Crippen molar-refractivity contribution in [2.75, 3.05) is 13.2 Å². The number of rotatable bonds is 0. The summed E-state index contributed by atoms with van der Waals surface area (Å²) in [6, 6.07) is -0.417. The number of carbonyl (C=O) groups excluding carboxylic acids is 2. The lowest BCUT2D eigenvalue weighted by Gasteiger charge is -2.40. The van der Waals surface area contributed by atoms with E-state index < -0.39 is 17.4 Å². The number of imide groups is 1. The molecule has 0 aromatic rings. The number of amides is 3. The molecular weight excluding hydrogens is 212 g/mol. The lowest BCUT2D eigenvalue weighted by Crippen LogP contribution is -2.56. The van der Waals surface area contributed by atoms with Crippen molar-refractivity contribution in [3.63, 3.8) is 0 Å². The van der Waals surface area contributed by atoms with Gasteiger partial charge in [-0.25, -0.2) is 4.79 Å². The minimum atomic E-state index is -0.820. The Hall–Kier alpha value is -1.14. The van der Waals surface area contributed by atoms with Crippen LogP contribution in [0.15, 0.2) is 0 Å². The molecule has 2 spiro atoms. The molecule has 2 saturated heterocycles. The van der Waals surface area contributed by atoms with Crippen molar-refractivity contribution in [2.45, 2.75) is 37.0 Å². The molecule has 3 amide bonds. The smallest absolute Gasteiger partial charge is 0.322 e. The fourth-order valence-corrected chi connectivity index (χ4v) is 2.87. The molecule has 0 radical (unpaired) electrons. The highest BCUT2D eigenvalue weighted by atomic mass is 16.7. The molecule has 1 saturated carbocycles. The maximum atomic E-state index is 11.8. The average Bonchev–Trinajstić information content (AvgIpc) is 2.75. The second-order valence-electron chi connectivity index (χ2n) is 4.63. The Morgan fingerprint density at radius 2 is 1.88 bits per heavy atom. The zero-order chi connectivity index (χ0) is 11.2. The van der Waals surface area contributed by atoms with Gasteiger partial charge in [-0.3, -0.25) is 10.1 Å². The number of ether oxygens (including phenoxy) is 2. The van der Waals surface area contributed by atoms with Crippen molar-refractivity contribution in [1.82, 2.24) is 10.6 Å². The number of nitrogens with one attached hydrogen (secondary N) is 2. The minimum absolute atomic E-state index is 0.254. The largest absolute Gasteiger partial charge is 0.347 e. The van der Waals surface area contributed by atoms with E-state index in [0.29, 0.717) is 26.1 Å². The molecule has 0 aromatic heterocycles. The summed E-state index contributed by atoms with van der Waals surface area (Å²) in [7, 11) is 0. The van der Waals surface area contributed by atoms with Gasteiger partial charge in [0.05, 0.1) is 13.2 Å². The Kier molecular flexibility index (Phi) is 1.99. The Balaban J connectivity index is 1.86. The van der Waals surface area contributed by atoms with Gasteiger partial charge < -0.3 is 14.8 Å². The molecule has 3 aliphatic rings. The first-order chi connectivity index (χ1) is 7.64. The Labute approximate surface area is 92.7 Å². The van der Waals surface area contributed by atoms with E-state index in [1.54, 1.807) is 0 Å². The molecule has 6 nitrogen and oxygen atoms in total. The molecular formula is C10H14N2O4. The van der Waals surface area contributed by atoms with Crippen LogP contribution in [0.1, 0.15) is 25.7 Å². The predicted molar refractivity (Wildman–Crippen MR) is 52.5 cm³/mol. The summed E-state index contributed by atoms with van der Waals surface area (Å²) in [6.07, 6.45) is 2.67. The molecule has 2 N–H and O–H groups in total.